The van der Waals surface area contributed by atoms with Gasteiger partial charge in [0.2, 0.25) is 23.6 Å². The van der Waals surface area contributed by atoms with Crippen LogP contribution in [0.4, 0.5) is 0 Å². The number of rotatable bonds is 11. The van der Waals surface area contributed by atoms with Gasteiger partial charge in [0.1, 0.15) is 6.04 Å². The molecule has 2 atom stereocenters. The van der Waals surface area contributed by atoms with Gasteiger partial charge in [-0.1, -0.05) is 0 Å². The fourth-order valence-corrected chi connectivity index (χ4v) is 1.66. The molecule has 0 aromatic heterocycles. The van der Waals surface area contributed by atoms with Gasteiger partial charge in [-0.15, -0.1) is 0 Å². The lowest BCUT2D eigenvalue weighted by atomic mass is 10.1. The summed E-state index contributed by atoms with van der Waals surface area (Å²) >= 11 is 0. The quantitative estimate of drug-likeness (QED) is 0.154. The van der Waals surface area contributed by atoms with Crippen LogP contribution in [0.15, 0.2) is 0 Å². The van der Waals surface area contributed by atoms with Gasteiger partial charge < -0.3 is 32.3 Å². The molecule has 0 saturated carbocycles. The van der Waals surface area contributed by atoms with Crippen molar-refractivity contribution in [1.82, 2.24) is 16.0 Å². The summed E-state index contributed by atoms with van der Waals surface area (Å²) in [6.07, 6.45) is 1.39. The van der Waals surface area contributed by atoms with E-state index in [2.05, 4.69) is 16.0 Å². The first kappa shape index (κ1) is 21.2. The van der Waals surface area contributed by atoms with Gasteiger partial charge >= 0.3 is 0 Å². The van der Waals surface area contributed by atoms with Crippen LogP contribution in [0.25, 0.3) is 0 Å². The van der Waals surface area contributed by atoms with E-state index in [0.29, 0.717) is 25.8 Å². The fraction of sp³-hybridized carbons (Fsp3) is 0.769. The van der Waals surface area contributed by atoms with E-state index in [9.17, 15) is 14.4 Å². The van der Waals surface area contributed by atoms with Gasteiger partial charge in [0.05, 0.1) is 12.6 Å². The Bertz CT molecular complexity index is 408. The average Bonchev–Trinajstić information content (AvgIpc) is 2.41. The van der Waals surface area contributed by atoms with Crippen LogP contribution in [-0.2, 0) is 14.4 Å². The minimum atomic E-state index is -1.95. The van der Waals surface area contributed by atoms with E-state index in [0.717, 1.165) is 0 Å². The Labute approximate surface area is 135 Å². The molecule has 0 radical (unpaired) electrons. The fourth-order valence-electron chi connectivity index (χ4n) is 1.66. The molecule has 0 spiro atoms. The molecule has 0 unspecified atom stereocenters. The molecule has 9 N–H and O–H groups in total. The molecule has 0 aliphatic carbocycles. The summed E-state index contributed by atoms with van der Waals surface area (Å²) in [4.78, 5) is 34.2. The summed E-state index contributed by atoms with van der Waals surface area (Å²) in [7, 11) is 0. The Morgan fingerprint density at radius 3 is 2.30 bits per heavy atom. The molecule has 0 aromatic rings. The third kappa shape index (κ3) is 11.5. The first-order valence-corrected chi connectivity index (χ1v) is 7.34. The number of unbranched alkanes of at least 4 members (excludes halogenated alkanes) is 1. The van der Waals surface area contributed by atoms with Crippen LogP contribution < -0.4 is 27.4 Å². The van der Waals surface area contributed by atoms with E-state index in [4.69, 9.17) is 21.7 Å². The average molecular weight is 333 g/mol. The Hall–Kier alpha value is -1.75. The van der Waals surface area contributed by atoms with Crippen LogP contribution in [0.2, 0.25) is 0 Å². The zero-order valence-corrected chi connectivity index (χ0v) is 13.5. The molecule has 3 amide bonds. The number of carbonyl (C=O) groups is 3. The van der Waals surface area contributed by atoms with E-state index in [1.807, 2.05) is 0 Å². The van der Waals surface area contributed by atoms with Crippen molar-refractivity contribution in [2.45, 2.75) is 51.1 Å². The second kappa shape index (κ2) is 10.1. The minimum absolute atomic E-state index is 0.293. The van der Waals surface area contributed by atoms with Crippen molar-refractivity contribution in [1.29, 1.82) is 0 Å². The van der Waals surface area contributed by atoms with E-state index in [1.165, 1.54) is 13.8 Å². The van der Waals surface area contributed by atoms with Crippen molar-refractivity contribution in [3.8, 4) is 0 Å². The maximum Gasteiger partial charge on any atom is 0.240 e. The van der Waals surface area contributed by atoms with Crippen LogP contribution >= 0.6 is 0 Å². The van der Waals surface area contributed by atoms with Gasteiger partial charge in [0.15, 0.2) is 0 Å². The predicted molar refractivity (Wildman–Crippen MR) is 82.5 cm³/mol. The van der Waals surface area contributed by atoms with Crippen molar-refractivity contribution in [2.75, 3.05) is 13.1 Å². The predicted octanol–water partition coefficient (Wildman–Crippen LogP) is -3.16. The van der Waals surface area contributed by atoms with Crippen LogP contribution in [0.1, 0.15) is 33.1 Å². The highest BCUT2D eigenvalue weighted by atomic mass is 16.5. The van der Waals surface area contributed by atoms with Crippen molar-refractivity contribution in [3.63, 3.8) is 0 Å². The zero-order chi connectivity index (χ0) is 18.0. The van der Waals surface area contributed by atoms with E-state index < -0.39 is 35.7 Å². The third-order valence-corrected chi connectivity index (χ3v) is 2.89. The topological polar surface area (TPSA) is 180 Å². The lowest BCUT2D eigenvalue weighted by Crippen LogP contribution is -2.49. The summed E-state index contributed by atoms with van der Waals surface area (Å²) in [6, 6.07) is -1.59. The van der Waals surface area contributed by atoms with E-state index in [1.54, 1.807) is 0 Å². The number of aliphatic hydroxyl groups is 2. The lowest BCUT2D eigenvalue weighted by molar-refractivity contribution is -0.169. The molecule has 0 fully saturated rings. The molecule has 0 heterocycles. The Morgan fingerprint density at radius 2 is 1.83 bits per heavy atom. The molecule has 10 nitrogen and oxygen atoms in total. The molecule has 0 bridgehead atoms. The SMILES string of the molecule is C[C@H](N)C(=O)NCC(=O)N[C@@H](CCCCNC(C)(O)O)C(N)=O. The minimum Gasteiger partial charge on any atom is -0.368 e. The van der Waals surface area contributed by atoms with Gasteiger partial charge in [-0.3, -0.25) is 19.7 Å². The third-order valence-electron chi connectivity index (χ3n) is 2.89. The number of primary amides is 1. The van der Waals surface area contributed by atoms with Gasteiger partial charge in [-0.05, 0) is 26.2 Å². The number of carbonyl (C=O) groups excluding carboxylic acids is 3. The highest BCUT2D eigenvalue weighted by Gasteiger charge is 2.19. The van der Waals surface area contributed by atoms with Crippen molar-refractivity contribution in [3.05, 3.63) is 0 Å². The van der Waals surface area contributed by atoms with Gasteiger partial charge in [-0.25, -0.2) is 0 Å². The smallest absolute Gasteiger partial charge is 0.240 e. The summed E-state index contributed by atoms with van der Waals surface area (Å²) in [5.74, 6) is -3.65. The molecule has 10 heteroatoms. The van der Waals surface area contributed by atoms with Gasteiger partial charge in [-0.2, -0.15) is 0 Å². The number of hydrogen-bond acceptors (Lipinski definition) is 7. The van der Waals surface area contributed by atoms with Gasteiger partial charge in [0, 0.05) is 13.5 Å². The van der Waals surface area contributed by atoms with Crippen molar-refractivity contribution in [2.24, 2.45) is 11.5 Å². The molecule has 0 rings (SSSR count). The van der Waals surface area contributed by atoms with Crippen molar-refractivity contribution >= 4 is 17.7 Å². The largest absolute Gasteiger partial charge is 0.368 e. The number of nitrogens with two attached hydrogens (primary N) is 2. The molecule has 0 aliphatic heterocycles. The Kier molecular flexibility index (Phi) is 9.34. The van der Waals surface area contributed by atoms with Crippen molar-refractivity contribution < 1.29 is 24.6 Å². The number of nitrogens with one attached hydrogen (secondary N) is 3. The molecule has 0 saturated heterocycles. The van der Waals surface area contributed by atoms with E-state index in [-0.39, 0.29) is 6.54 Å². The summed E-state index contributed by atoms with van der Waals surface area (Å²) in [5, 5.41) is 25.3. The summed E-state index contributed by atoms with van der Waals surface area (Å²) in [6.45, 7) is 2.71. The first-order chi connectivity index (χ1) is 10.5. The second-order valence-electron chi connectivity index (χ2n) is 5.47. The lowest BCUT2D eigenvalue weighted by Gasteiger charge is -2.18. The highest BCUT2D eigenvalue weighted by molar-refractivity contribution is 5.90. The molecule has 134 valence electrons. The van der Waals surface area contributed by atoms with Crippen LogP contribution in [0.3, 0.4) is 0 Å². The first-order valence-electron chi connectivity index (χ1n) is 7.34. The second-order valence-corrected chi connectivity index (χ2v) is 5.47. The maximum atomic E-state index is 11.7. The van der Waals surface area contributed by atoms with E-state index >= 15 is 0 Å². The summed E-state index contributed by atoms with van der Waals surface area (Å²) in [5.41, 5.74) is 10.6. The molecule has 23 heavy (non-hydrogen) atoms. The molecular formula is C13H27N5O5. The molecule has 0 aliphatic rings. The standard InChI is InChI=1S/C13H27N5O5/c1-8(14)12(21)16-7-10(19)18-9(11(15)20)5-3-4-6-17-13(2,22)23/h8-9,17,22-23H,3-7,14H2,1-2H3,(H2,15,20)(H,16,21)(H,18,19)/t8-,9-/m0/s1. The molecular weight excluding hydrogens is 306 g/mol. The monoisotopic (exact) mass is 333 g/mol. The number of amides is 3. The highest BCUT2D eigenvalue weighted by Crippen LogP contribution is 2.01. The number of hydrogen-bond donors (Lipinski definition) is 7. The normalized spacial score (nSPS) is 14.0. The molecule has 0 aromatic carbocycles. The Balaban J connectivity index is 4.09. The zero-order valence-electron chi connectivity index (χ0n) is 13.5. The van der Waals surface area contributed by atoms with Crippen LogP contribution in [-0.4, -0.2) is 59.0 Å². The maximum absolute atomic E-state index is 11.7. The summed E-state index contributed by atoms with van der Waals surface area (Å²) < 4.78 is 0. The van der Waals surface area contributed by atoms with Gasteiger partial charge in [0.25, 0.3) is 0 Å². The van der Waals surface area contributed by atoms with Crippen LogP contribution in [0, 0.1) is 0 Å². The Morgan fingerprint density at radius 1 is 1.22 bits per heavy atom. The van der Waals surface area contributed by atoms with Crippen LogP contribution in [0.5, 0.6) is 0 Å².